The third kappa shape index (κ3) is 2.66. The number of methoxy groups -OCH3 is 1. The lowest BCUT2D eigenvalue weighted by molar-refractivity contribution is -0.114. The van der Waals surface area contributed by atoms with Crippen molar-refractivity contribution in [3.05, 3.63) is 39.1 Å². The zero-order valence-corrected chi connectivity index (χ0v) is 15.5. The van der Waals surface area contributed by atoms with Crippen molar-refractivity contribution in [2.75, 3.05) is 7.11 Å². The van der Waals surface area contributed by atoms with Gasteiger partial charge in [-0.3, -0.25) is 4.79 Å². The van der Waals surface area contributed by atoms with Crippen LogP contribution < -0.4 is 0 Å². The minimum Gasteiger partial charge on any atom is -0.511 e. The number of ether oxygens (including phenoxy) is 1. The van der Waals surface area contributed by atoms with Gasteiger partial charge in [0.05, 0.1) is 11.7 Å². The van der Waals surface area contributed by atoms with E-state index in [4.69, 9.17) is 4.74 Å². The highest BCUT2D eigenvalue weighted by atomic mass is 79.9. The van der Waals surface area contributed by atoms with Gasteiger partial charge in [0.25, 0.3) is 0 Å². The van der Waals surface area contributed by atoms with Crippen LogP contribution in [0.15, 0.2) is 22.4 Å². The van der Waals surface area contributed by atoms with Crippen LogP contribution in [0.5, 0.6) is 0 Å². The maximum atomic E-state index is 12.8. The van der Waals surface area contributed by atoms with E-state index < -0.39 is 5.41 Å². The fourth-order valence-corrected chi connectivity index (χ4v) is 4.98. The summed E-state index contributed by atoms with van der Waals surface area (Å²) in [6, 6.07) is 4.12. The molecule has 1 saturated carbocycles. The summed E-state index contributed by atoms with van der Waals surface area (Å²) in [6.45, 7) is 4.12. The highest BCUT2D eigenvalue weighted by Crippen LogP contribution is 2.55. The normalized spacial score (nSPS) is 27.5. The lowest BCUT2D eigenvalue weighted by atomic mass is 9.84. The largest absolute Gasteiger partial charge is 0.511 e. The van der Waals surface area contributed by atoms with E-state index in [0.717, 1.165) is 46.8 Å². The Morgan fingerprint density at radius 1 is 1.43 bits per heavy atom. The molecule has 2 aliphatic rings. The van der Waals surface area contributed by atoms with Gasteiger partial charge in [-0.1, -0.05) is 28.9 Å². The quantitative estimate of drug-likeness (QED) is 0.825. The number of Topliss-reactive ketones (excluding diaryl/α,β-unsaturated/α-hetero) is 1. The number of aryl methyl sites for hydroxylation is 2. The van der Waals surface area contributed by atoms with Crippen molar-refractivity contribution in [1.82, 2.24) is 0 Å². The third-order valence-electron chi connectivity index (χ3n) is 5.36. The van der Waals surface area contributed by atoms with Crippen LogP contribution in [0.1, 0.15) is 49.3 Å². The molecule has 0 saturated heterocycles. The number of carbonyl (C=O) groups is 1. The molecule has 0 bridgehead atoms. The number of allylic oxidation sites excluding steroid dienone is 2. The second-order valence-electron chi connectivity index (χ2n) is 6.84. The standard InChI is InChI=1S/C19H23BrO3/c1-4-12-7-11(2)8-14(20)16(12)17-15(21)10-19(18(17)22)6-5-13(9-19)23-3/h7-8,13,22H,4-6,9-10H2,1-3H3/t13-,19-/m1/s1. The first-order valence-electron chi connectivity index (χ1n) is 8.21. The van der Waals surface area contributed by atoms with Crippen LogP contribution in [-0.2, 0) is 16.0 Å². The number of ketones is 1. The Morgan fingerprint density at radius 3 is 2.78 bits per heavy atom. The van der Waals surface area contributed by atoms with Crippen LogP contribution in [0.3, 0.4) is 0 Å². The van der Waals surface area contributed by atoms with E-state index in [0.29, 0.717) is 12.0 Å². The highest BCUT2D eigenvalue weighted by molar-refractivity contribution is 9.10. The topological polar surface area (TPSA) is 46.5 Å². The van der Waals surface area contributed by atoms with Gasteiger partial charge >= 0.3 is 0 Å². The molecule has 2 aliphatic carbocycles. The molecule has 1 fully saturated rings. The minimum absolute atomic E-state index is 0.0542. The Labute approximate surface area is 145 Å². The Hall–Kier alpha value is -1.13. The summed E-state index contributed by atoms with van der Waals surface area (Å²) >= 11 is 3.60. The molecule has 0 aromatic heterocycles. The van der Waals surface area contributed by atoms with E-state index in [9.17, 15) is 9.90 Å². The molecule has 0 radical (unpaired) electrons. The van der Waals surface area contributed by atoms with Crippen molar-refractivity contribution in [2.45, 2.75) is 52.1 Å². The van der Waals surface area contributed by atoms with Crippen LogP contribution in [0.2, 0.25) is 0 Å². The van der Waals surface area contributed by atoms with Crippen molar-refractivity contribution in [2.24, 2.45) is 5.41 Å². The molecule has 0 amide bonds. The number of benzene rings is 1. The van der Waals surface area contributed by atoms with Crippen molar-refractivity contribution in [3.63, 3.8) is 0 Å². The average molecular weight is 379 g/mol. The molecule has 1 aromatic rings. The van der Waals surface area contributed by atoms with E-state index in [1.54, 1.807) is 7.11 Å². The molecule has 0 heterocycles. The molecule has 2 atom stereocenters. The average Bonchev–Trinajstić information content (AvgIpc) is 3.02. The summed E-state index contributed by atoms with van der Waals surface area (Å²) in [5, 5.41) is 11.0. The number of aliphatic hydroxyl groups is 1. The van der Waals surface area contributed by atoms with Gasteiger partial charge in [0.15, 0.2) is 5.78 Å². The Bertz CT molecular complexity index is 692. The molecule has 3 nitrogen and oxygen atoms in total. The molecule has 0 unspecified atom stereocenters. The highest BCUT2D eigenvalue weighted by Gasteiger charge is 2.51. The van der Waals surface area contributed by atoms with Crippen molar-refractivity contribution < 1.29 is 14.6 Å². The summed E-state index contributed by atoms with van der Waals surface area (Å²) in [7, 11) is 1.70. The molecule has 124 valence electrons. The van der Waals surface area contributed by atoms with Gasteiger partial charge in [0.2, 0.25) is 0 Å². The van der Waals surface area contributed by atoms with Gasteiger partial charge in [-0.15, -0.1) is 0 Å². The van der Waals surface area contributed by atoms with Crippen molar-refractivity contribution in [1.29, 1.82) is 0 Å². The van der Waals surface area contributed by atoms with E-state index in [1.807, 2.05) is 13.0 Å². The first-order valence-corrected chi connectivity index (χ1v) is 9.00. The second kappa shape index (κ2) is 6.06. The summed E-state index contributed by atoms with van der Waals surface area (Å²) in [5.74, 6) is 0.333. The van der Waals surface area contributed by atoms with Crippen LogP contribution in [0.25, 0.3) is 5.57 Å². The lowest BCUT2D eigenvalue weighted by Gasteiger charge is -2.22. The first kappa shape index (κ1) is 16.7. The molecule has 1 spiro atoms. The van der Waals surface area contributed by atoms with Gasteiger partial charge in [-0.05, 0) is 49.8 Å². The van der Waals surface area contributed by atoms with Crippen LogP contribution in [0.4, 0.5) is 0 Å². The SMILES string of the molecule is CCc1cc(C)cc(Br)c1C1=C(O)[C@@]2(CC[C@@H](OC)C2)CC1=O. The molecular weight excluding hydrogens is 356 g/mol. The number of halogens is 1. The molecule has 23 heavy (non-hydrogen) atoms. The fourth-order valence-electron chi connectivity index (χ4n) is 4.16. The minimum atomic E-state index is -0.414. The predicted octanol–water partition coefficient (Wildman–Crippen LogP) is 4.75. The molecule has 0 aliphatic heterocycles. The third-order valence-corrected chi connectivity index (χ3v) is 5.99. The summed E-state index contributed by atoms with van der Waals surface area (Å²) in [5.41, 5.74) is 3.23. The maximum absolute atomic E-state index is 12.8. The fraction of sp³-hybridized carbons (Fsp3) is 0.526. The monoisotopic (exact) mass is 378 g/mol. The zero-order valence-electron chi connectivity index (χ0n) is 13.9. The Morgan fingerprint density at radius 2 is 2.17 bits per heavy atom. The summed E-state index contributed by atoms with van der Waals surface area (Å²) < 4.78 is 6.34. The van der Waals surface area contributed by atoms with Crippen molar-refractivity contribution in [3.8, 4) is 0 Å². The Balaban J connectivity index is 2.13. The summed E-state index contributed by atoms with van der Waals surface area (Å²) in [4.78, 5) is 12.8. The lowest BCUT2D eigenvalue weighted by Crippen LogP contribution is -2.19. The van der Waals surface area contributed by atoms with E-state index in [-0.39, 0.29) is 17.6 Å². The van der Waals surface area contributed by atoms with E-state index >= 15 is 0 Å². The Kier molecular flexibility index (Phi) is 4.41. The van der Waals surface area contributed by atoms with Crippen LogP contribution in [-0.4, -0.2) is 24.1 Å². The van der Waals surface area contributed by atoms with Crippen molar-refractivity contribution >= 4 is 27.3 Å². The van der Waals surface area contributed by atoms with E-state index in [2.05, 4.69) is 28.9 Å². The molecule has 3 rings (SSSR count). The smallest absolute Gasteiger partial charge is 0.167 e. The predicted molar refractivity (Wildman–Crippen MR) is 94.5 cm³/mol. The number of hydrogen-bond donors (Lipinski definition) is 1. The van der Waals surface area contributed by atoms with Gasteiger partial charge in [0, 0.05) is 29.0 Å². The van der Waals surface area contributed by atoms with Crippen LogP contribution in [0, 0.1) is 12.3 Å². The summed E-state index contributed by atoms with van der Waals surface area (Å²) in [6.07, 6.45) is 3.81. The van der Waals surface area contributed by atoms with E-state index in [1.165, 1.54) is 0 Å². The van der Waals surface area contributed by atoms with Gasteiger partial charge in [-0.2, -0.15) is 0 Å². The van der Waals surface area contributed by atoms with Gasteiger partial charge in [-0.25, -0.2) is 0 Å². The number of carbonyl (C=O) groups excluding carboxylic acids is 1. The number of hydrogen-bond acceptors (Lipinski definition) is 3. The second-order valence-corrected chi connectivity index (χ2v) is 7.69. The number of aliphatic hydroxyl groups excluding tert-OH is 1. The first-order chi connectivity index (χ1) is 10.9. The number of rotatable bonds is 3. The van der Waals surface area contributed by atoms with Gasteiger partial charge in [0.1, 0.15) is 5.76 Å². The zero-order chi connectivity index (χ0) is 16.8. The molecule has 1 aromatic carbocycles. The molecule has 4 heteroatoms. The van der Waals surface area contributed by atoms with Gasteiger partial charge < -0.3 is 9.84 Å². The molecule has 1 N–H and O–H groups in total. The van der Waals surface area contributed by atoms with Crippen LogP contribution >= 0.6 is 15.9 Å². The molecular formula is C19H23BrO3. The maximum Gasteiger partial charge on any atom is 0.167 e.